The fourth-order valence-corrected chi connectivity index (χ4v) is 4.28. The smallest absolute Gasteiger partial charge is 0.227 e. The number of rotatable bonds is 5. The van der Waals surface area contributed by atoms with Gasteiger partial charge in [0.1, 0.15) is 17.3 Å². The zero-order valence-electron chi connectivity index (χ0n) is 15.6. The average molecular weight is 386 g/mol. The quantitative estimate of drug-likeness (QED) is 0.790. The van der Waals surface area contributed by atoms with E-state index in [0.717, 1.165) is 23.4 Å². The molecule has 2 aliphatic rings. The number of aromatic nitrogens is 3. The number of carbonyl (C=O) groups is 1. The molecule has 0 saturated heterocycles. The molecule has 1 aromatic heterocycles. The van der Waals surface area contributed by atoms with Gasteiger partial charge in [0.15, 0.2) is 0 Å². The minimum absolute atomic E-state index is 0.195. The first kappa shape index (κ1) is 17.9. The second-order valence-electron chi connectivity index (χ2n) is 6.42. The lowest BCUT2D eigenvalue weighted by atomic mass is 9.80. The molecule has 1 aromatic carbocycles. The normalized spacial score (nSPS) is 21.0. The maximum absolute atomic E-state index is 12.9. The van der Waals surface area contributed by atoms with Crippen LogP contribution in [0.3, 0.4) is 0 Å². The number of ether oxygens (including phenoxy) is 2. The maximum Gasteiger partial charge on any atom is 0.227 e. The molecule has 8 heteroatoms. The Kier molecular flexibility index (Phi) is 4.82. The number of hydrogen-bond acceptors (Lipinski definition) is 7. The minimum atomic E-state index is -0.339. The van der Waals surface area contributed by atoms with E-state index in [2.05, 4.69) is 28.4 Å². The summed E-state index contributed by atoms with van der Waals surface area (Å²) < 4.78 is 12.8. The van der Waals surface area contributed by atoms with Crippen LogP contribution in [0.5, 0.6) is 11.5 Å². The maximum atomic E-state index is 12.9. The zero-order valence-corrected chi connectivity index (χ0v) is 16.4. The van der Waals surface area contributed by atoms with E-state index in [0.29, 0.717) is 29.0 Å². The summed E-state index contributed by atoms with van der Waals surface area (Å²) in [5, 5.41) is 8.70. The number of hydrogen-bond donors (Lipinski definition) is 1. The Balaban J connectivity index is 1.92. The summed E-state index contributed by atoms with van der Waals surface area (Å²) >= 11 is 1.57. The Morgan fingerprint density at radius 1 is 1.33 bits per heavy atom. The van der Waals surface area contributed by atoms with Crippen LogP contribution in [0.2, 0.25) is 0 Å². The number of benzene rings is 1. The summed E-state index contributed by atoms with van der Waals surface area (Å²) in [6.07, 6.45) is 3.36. The number of ketones is 1. The van der Waals surface area contributed by atoms with E-state index < -0.39 is 0 Å². The largest absolute Gasteiger partial charge is 0.497 e. The van der Waals surface area contributed by atoms with Crippen molar-refractivity contribution < 1.29 is 14.3 Å². The van der Waals surface area contributed by atoms with Gasteiger partial charge >= 0.3 is 0 Å². The van der Waals surface area contributed by atoms with Gasteiger partial charge in [-0.3, -0.25) is 4.79 Å². The number of anilines is 1. The first-order valence-corrected chi connectivity index (χ1v) is 9.95. The molecule has 2 heterocycles. The second-order valence-corrected chi connectivity index (χ2v) is 7.65. The molecule has 2 aromatic rings. The highest BCUT2D eigenvalue weighted by molar-refractivity contribution is 7.99. The van der Waals surface area contributed by atoms with Crippen LogP contribution in [-0.2, 0) is 4.79 Å². The number of allylic oxidation sites excluding steroid dienone is 2. The molecule has 2 atom stereocenters. The topological polar surface area (TPSA) is 78.3 Å². The van der Waals surface area contributed by atoms with E-state index in [-0.39, 0.29) is 17.7 Å². The minimum Gasteiger partial charge on any atom is -0.497 e. The Morgan fingerprint density at radius 2 is 2.19 bits per heavy atom. The number of thioether (sulfide) groups is 1. The van der Waals surface area contributed by atoms with Gasteiger partial charge < -0.3 is 14.8 Å². The van der Waals surface area contributed by atoms with E-state index in [4.69, 9.17) is 9.47 Å². The van der Waals surface area contributed by atoms with Gasteiger partial charge in [-0.1, -0.05) is 24.8 Å². The van der Waals surface area contributed by atoms with Crippen LogP contribution in [0.4, 0.5) is 5.95 Å². The molecule has 0 amide bonds. The second kappa shape index (κ2) is 7.26. The molecular formula is C19H22N4O3S. The molecule has 1 aliphatic carbocycles. The lowest BCUT2D eigenvalue weighted by molar-refractivity contribution is -0.123. The van der Waals surface area contributed by atoms with Crippen LogP contribution in [0.25, 0.3) is 0 Å². The number of carbonyl (C=O) groups excluding carboxylic acids is 1. The van der Waals surface area contributed by atoms with Gasteiger partial charge in [0, 0.05) is 17.7 Å². The van der Waals surface area contributed by atoms with Crippen molar-refractivity contribution in [2.75, 3.05) is 25.3 Å². The lowest BCUT2D eigenvalue weighted by Crippen LogP contribution is -2.39. The highest BCUT2D eigenvalue weighted by Gasteiger charge is 2.42. The molecule has 0 bridgehead atoms. The summed E-state index contributed by atoms with van der Waals surface area (Å²) in [4.78, 5) is 17.5. The number of nitrogens with zero attached hydrogens (tertiary/aromatic N) is 3. The van der Waals surface area contributed by atoms with E-state index in [1.165, 1.54) is 0 Å². The van der Waals surface area contributed by atoms with Crippen LogP contribution in [-0.4, -0.2) is 40.5 Å². The van der Waals surface area contributed by atoms with Crippen LogP contribution in [0.1, 0.15) is 31.4 Å². The van der Waals surface area contributed by atoms with Crippen molar-refractivity contribution in [3.05, 3.63) is 35.5 Å². The molecule has 0 saturated carbocycles. The van der Waals surface area contributed by atoms with Crippen molar-refractivity contribution in [1.29, 1.82) is 0 Å². The van der Waals surface area contributed by atoms with E-state index in [9.17, 15) is 4.79 Å². The van der Waals surface area contributed by atoms with E-state index in [1.807, 2.05) is 22.9 Å². The summed E-state index contributed by atoms with van der Waals surface area (Å²) in [6.45, 7) is 2.06. The highest BCUT2D eigenvalue weighted by atomic mass is 32.2. The summed E-state index contributed by atoms with van der Waals surface area (Å²) in [5.74, 6) is 2.79. The first-order chi connectivity index (χ1) is 13.2. The monoisotopic (exact) mass is 386 g/mol. The molecule has 0 radical (unpaired) electrons. The Morgan fingerprint density at radius 3 is 2.93 bits per heavy atom. The lowest BCUT2D eigenvalue weighted by Gasteiger charge is -2.36. The van der Waals surface area contributed by atoms with Crippen LogP contribution in [0, 0.1) is 5.92 Å². The fourth-order valence-electron chi connectivity index (χ4n) is 3.73. The molecule has 1 aliphatic heterocycles. The van der Waals surface area contributed by atoms with Crippen molar-refractivity contribution in [2.45, 2.75) is 31.0 Å². The summed E-state index contributed by atoms with van der Waals surface area (Å²) in [7, 11) is 3.26. The van der Waals surface area contributed by atoms with Crippen molar-refractivity contribution in [3.63, 3.8) is 0 Å². The molecule has 0 unspecified atom stereocenters. The molecule has 0 fully saturated rings. The molecule has 4 rings (SSSR count). The third-order valence-corrected chi connectivity index (χ3v) is 5.63. The van der Waals surface area contributed by atoms with Gasteiger partial charge in [0.05, 0.1) is 26.2 Å². The van der Waals surface area contributed by atoms with Crippen molar-refractivity contribution in [3.8, 4) is 11.5 Å². The summed E-state index contributed by atoms with van der Waals surface area (Å²) in [5.41, 5.74) is 1.76. The Bertz CT molecular complexity index is 908. The van der Waals surface area contributed by atoms with Gasteiger partial charge in [-0.05, 0) is 30.4 Å². The van der Waals surface area contributed by atoms with Crippen LogP contribution < -0.4 is 14.8 Å². The fraction of sp³-hybridized carbons (Fsp3) is 0.421. The molecule has 142 valence electrons. The standard InChI is InChI=1S/C19H22N4O3S/c1-4-27-19-21-18-20-13-6-5-7-14(24)16(13)17(23(18)22-19)12-10-11(25-2)8-9-15(12)26-3/h6,8-10,16-17H,4-5,7H2,1-3H3,(H,20,21,22)/t16-,17-/m0/s1. The van der Waals surface area contributed by atoms with Crippen molar-refractivity contribution >= 4 is 23.5 Å². The molecule has 1 N–H and O–H groups in total. The van der Waals surface area contributed by atoms with E-state index >= 15 is 0 Å². The first-order valence-electron chi connectivity index (χ1n) is 8.97. The predicted octanol–water partition coefficient (Wildman–Crippen LogP) is 3.29. The number of nitrogens with one attached hydrogen (secondary N) is 1. The third-order valence-electron chi connectivity index (χ3n) is 4.91. The predicted molar refractivity (Wildman–Crippen MR) is 104 cm³/mol. The third kappa shape index (κ3) is 3.07. The van der Waals surface area contributed by atoms with Gasteiger partial charge in [-0.15, -0.1) is 5.10 Å². The molecule has 0 spiro atoms. The molecule has 7 nitrogen and oxygen atoms in total. The van der Waals surface area contributed by atoms with Crippen LogP contribution >= 0.6 is 11.8 Å². The highest BCUT2D eigenvalue weighted by Crippen LogP contribution is 2.45. The van der Waals surface area contributed by atoms with Crippen LogP contribution in [0.15, 0.2) is 35.1 Å². The molecule has 27 heavy (non-hydrogen) atoms. The van der Waals surface area contributed by atoms with Gasteiger partial charge in [0.2, 0.25) is 11.1 Å². The van der Waals surface area contributed by atoms with Crippen molar-refractivity contribution in [2.24, 2.45) is 5.92 Å². The SMILES string of the molecule is CCSc1nc2n(n1)[C@@H](c1cc(OC)ccc1OC)[C@@H]1C(=O)CCC=C1N2. The number of methoxy groups -OCH3 is 2. The van der Waals surface area contributed by atoms with Gasteiger partial charge in [-0.2, -0.15) is 4.98 Å². The average Bonchev–Trinajstić information content (AvgIpc) is 3.08. The number of fused-ring (bicyclic) bond motifs is 2. The van der Waals surface area contributed by atoms with E-state index in [1.54, 1.807) is 26.0 Å². The van der Waals surface area contributed by atoms with Crippen molar-refractivity contribution in [1.82, 2.24) is 14.8 Å². The Labute approximate surface area is 162 Å². The number of Topliss-reactive ketones (excluding diaryl/α,β-unsaturated/α-hetero) is 1. The zero-order chi connectivity index (χ0) is 19.0. The summed E-state index contributed by atoms with van der Waals surface area (Å²) in [6, 6.07) is 5.31. The molecular weight excluding hydrogens is 364 g/mol. The van der Waals surface area contributed by atoms with Gasteiger partial charge in [-0.25, -0.2) is 4.68 Å². The van der Waals surface area contributed by atoms with Gasteiger partial charge in [0.25, 0.3) is 0 Å². The Hall–Kier alpha value is -2.48.